The second kappa shape index (κ2) is 5.44. The number of para-hydroxylation sites is 1. The first kappa shape index (κ1) is 10.9. The van der Waals surface area contributed by atoms with Crippen molar-refractivity contribution in [3.05, 3.63) is 24.3 Å². The normalized spacial score (nSPS) is 11.0. The molecule has 0 atom stereocenters. The highest BCUT2D eigenvalue weighted by molar-refractivity contribution is 14.1. The molecular weight excluding hydrogens is 301 g/mol. The minimum absolute atomic E-state index is 0.983. The lowest BCUT2D eigenvalue weighted by Gasteiger charge is -2.00. The van der Waals surface area contributed by atoms with Crippen molar-refractivity contribution >= 4 is 33.6 Å². The Morgan fingerprint density at radius 2 is 2.00 bits per heavy atom. The molecule has 1 heterocycles. The van der Waals surface area contributed by atoms with Crippen molar-refractivity contribution in [2.45, 2.75) is 25.8 Å². The number of rotatable bonds is 5. The van der Waals surface area contributed by atoms with Crippen molar-refractivity contribution < 1.29 is 0 Å². The third kappa shape index (κ3) is 2.68. The van der Waals surface area contributed by atoms with E-state index in [0.29, 0.717) is 0 Å². The van der Waals surface area contributed by atoms with E-state index in [0.717, 1.165) is 17.6 Å². The van der Waals surface area contributed by atoms with Gasteiger partial charge in [0.1, 0.15) is 5.52 Å². The van der Waals surface area contributed by atoms with Crippen LogP contribution < -0.4 is 0 Å². The molecule has 0 radical (unpaired) electrons. The molecule has 0 spiro atoms. The van der Waals surface area contributed by atoms with Crippen LogP contribution in [0.3, 0.4) is 0 Å². The van der Waals surface area contributed by atoms with Crippen LogP contribution in [-0.4, -0.2) is 19.4 Å². The van der Waals surface area contributed by atoms with Gasteiger partial charge in [-0.15, -0.1) is 5.10 Å². The van der Waals surface area contributed by atoms with Gasteiger partial charge in [0.05, 0.1) is 5.52 Å². The number of hydrogen-bond donors (Lipinski definition) is 0. The summed E-state index contributed by atoms with van der Waals surface area (Å²) in [5.74, 6) is 0. The molecule has 1 aromatic heterocycles. The Labute approximate surface area is 103 Å². The predicted molar refractivity (Wildman–Crippen MR) is 70.3 cm³/mol. The van der Waals surface area contributed by atoms with Crippen molar-refractivity contribution in [3.8, 4) is 0 Å². The largest absolute Gasteiger partial charge is 0.245 e. The van der Waals surface area contributed by atoms with Crippen LogP contribution >= 0.6 is 22.6 Å². The molecule has 0 bridgehead atoms. The second-order valence-corrected chi connectivity index (χ2v) is 4.63. The van der Waals surface area contributed by atoms with Crippen LogP contribution in [0.4, 0.5) is 0 Å². The van der Waals surface area contributed by atoms with E-state index in [-0.39, 0.29) is 0 Å². The van der Waals surface area contributed by atoms with Gasteiger partial charge in [0, 0.05) is 6.54 Å². The minimum Gasteiger partial charge on any atom is -0.245 e. The molecule has 2 rings (SSSR count). The van der Waals surface area contributed by atoms with Gasteiger partial charge in [-0.1, -0.05) is 46.4 Å². The number of aromatic nitrogens is 3. The molecule has 0 unspecified atom stereocenters. The van der Waals surface area contributed by atoms with Crippen molar-refractivity contribution in [1.29, 1.82) is 0 Å². The lowest BCUT2D eigenvalue weighted by molar-refractivity contribution is 0.552. The SMILES string of the molecule is ICCCCCn1nnc2ccccc21. The lowest BCUT2D eigenvalue weighted by atomic mass is 10.2. The van der Waals surface area contributed by atoms with Crippen LogP contribution in [0.2, 0.25) is 0 Å². The van der Waals surface area contributed by atoms with E-state index in [9.17, 15) is 0 Å². The van der Waals surface area contributed by atoms with Crippen LogP contribution in [-0.2, 0) is 6.54 Å². The summed E-state index contributed by atoms with van der Waals surface area (Å²) < 4.78 is 3.25. The molecule has 3 nitrogen and oxygen atoms in total. The van der Waals surface area contributed by atoms with Crippen LogP contribution in [0.15, 0.2) is 24.3 Å². The first-order valence-corrected chi connectivity index (χ1v) is 6.78. The average molecular weight is 315 g/mol. The molecule has 2 aromatic rings. The summed E-state index contributed by atoms with van der Waals surface area (Å²) in [6.45, 7) is 0.983. The molecule has 0 saturated carbocycles. The molecule has 0 N–H and O–H groups in total. The van der Waals surface area contributed by atoms with Crippen molar-refractivity contribution in [2.24, 2.45) is 0 Å². The van der Waals surface area contributed by atoms with E-state index in [1.54, 1.807) is 0 Å². The zero-order chi connectivity index (χ0) is 10.5. The van der Waals surface area contributed by atoms with E-state index in [1.807, 2.05) is 22.9 Å². The van der Waals surface area contributed by atoms with Gasteiger partial charge in [-0.05, 0) is 29.4 Å². The maximum Gasteiger partial charge on any atom is 0.113 e. The van der Waals surface area contributed by atoms with Gasteiger partial charge in [-0.3, -0.25) is 0 Å². The van der Waals surface area contributed by atoms with Gasteiger partial charge >= 0.3 is 0 Å². The van der Waals surface area contributed by atoms with E-state index in [1.165, 1.54) is 23.7 Å². The molecular formula is C11H14IN3. The number of aryl methyl sites for hydroxylation is 1. The Kier molecular flexibility index (Phi) is 3.94. The smallest absolute Gasteiger partial charge is 0.113 e. The lowest BCUT2D eigenvalue weighted by Crippen LogP contribution is -2.00. The standard InChI is InChI=1S/C11H14IN3/c12-8-4-1-5-9-15-11-7-3-2-6-10(11)13-14-15/h2-3,6-7H,1,4-5,8-9H2. The van der Waals surface area contributed by atoms with Gasteiger partial charge in [-0.2, -0.15) is 0 Å². The van der Waals surface area contributed by atoms with E-state index >= 15 is 0 Å². The highest BCUT2D eigenvalue weighted by Gasteiger charge is 2.01. The number of fused-ring (bicyclic) bond motifs is 1. The zero-order valence-corrected chi connectivity index (χ0v) is 10.7. The van der Waals surface area contributed by atoms with E-state index in [2.05, 4.69) is 39.0 Å². The summed E-state index contributed by atoms with van der Waals surface area (Å²) in [4.78, 5) is 0. The summed E-state index contributed by atoms with van der Waals surface area (Å²) in [6.07, 6.45) is 3.76. The monoisotopic (exact) mass is 315 g/mol. The predicted octanol–water partition coefficient (Wildman–Crippen LogP) is 3.04. The summed E-state index contributed by atoms with van der Waals surface area (Å²) in [5.41, 5.74) is 2.14. The van der Waals surface area contributed by atoms with Crippen LogP contribution in [0.5, 0.6) is 0 Å². The zero-order valence-electron chi connectivity index (χ0n) is 8.56. The second-order valence-electron chi connectivity index (χ2n) is 3.55. The number of halogens is 1. The molecule has 4 heteroatoms. The van der Waals surface area contributed by atoms with Crippen molar-refractivity contribution in [1.82, 2.24) is 15.0 Å². The van der Waals surface area contributed by atoms with Crippen LogP contribution in [0, 0.1) is 0 Å². The first-order valence-electron chi connectivity index (χ1n) is 5.26. The van der Waals surface area contributed by atoms with Crippen LogP contribution in [0.1, 0.15) is 19.3 Å². The summed E-state index contributed by atoms with van der Waals surface area (Å²) in [7, 11) is 0. The van der Waals surface area contributed by atoms with Gasteiger partial charge in [-0.25, -0.2) is 4.68 Å². The number of nitrogens with zero attached hydrogens (tertiary/aromatic N) is 3. The van der Waals surface area contributed by atoms with Crippen LogP contribution in [0.25, 0.3) is 11.0 Å². The Morgan fingerprint density at radius 3 is 2.87 bits per heavy atom. The number of unbranched alkanes of at least 4 members (excludes halogenated alkanes) is 2. The Bertz CT molecular complexity index is 424. The summed E-state index contributed by atoms with van der Waals surface area (Å²) >= 11 is 2.42. The third-order valence-electron chi connectivity index (χ3n) is 2.42. The maximum atomic E-state index is 4.16. The fourth-order valence-electron chi connectivity index (χ4n) is 1.62. The highest BCUT2D eigenvalue weighted by Crippen LogP contribution is 2.11. The van der Waals surface area contributed by atoms with Gasteiger partial charge < -0.3 is 0 Å². The Balaban J connectivity index is 2.02. The van der Waals surface area contributed by atoms with Gasteiger partial charge in [0.15, 0.2) is 0 Å². The molecule has 0 saturated heterocycles. The molecule has 1 aromatic carbocycles. The van der Waals surface area contributed by atoms with Gasteiger partial charge in [0.2, 0.25) is 0 Å². The molecule has 0 fully saturated rings. The number of alkyl halides is 1. The van der Waals surface area contributed by atoms with E-state index in [4.69, 9.17) is 0 Å². The van der Waals surface area contributed by atoms with Crippen molar-refractivity contribution in [2.75, 3.05) is 4.43 Å². The Morgan fingerprint density at radius 1 is 1.13 bits per heavy atom. The number of hydrogen-bond acceptors (Lipinski definition) is 2. The Hall–Kier alpha value is -0.650. The van der Waals surface area contributed by atoms with Crippen molar-refractivity contribution in [3.63, 3.8) is 0 Å². The third-order valence-corrected chi connectivity index (χ3v) is 3.19. The maximum absolute atomic E-state index is 4.16. The van der Waals surface area contributed by atoms with E-state index < -0.39 is 0 Å². The molecule has 0 amide bonds. The topological polar surface area (TPSA) is 30.7 Å². The molecule has 15 heavy (non-hydrogen) atoms. The van der Waals surface area contributed by atoms with Gasteiger partial charge in [0.25, 0.3) is 0 Å². The molecule has 0 aliphatic carbocycles. The fourth-order valence-corrected chi connectivity index (χ4v) is 2.15. The summed E-state index contributed by atoms with van der Waals surface area (Å²) in [6, 6.07) is 8.11. The summed E-state index contributed by atoms with van der Waals surface area (Å²) in [5, 5.41) is 8.29. The number of benzene rings is 1. The first-order chi connectivity index (χ1) is 7.42. The molecule has 0 aliphatic rings. The minimum atomic E-state index is 0.983. The molecule has 0 aliphatic heterocycles. The highest BCUT2D eigenvalue weighted by atomic mass is 127. The molecule has 80 valence electrons. The quantitative estimate of drug-likeness (QED) is 0.482. The average Bonchev–Trinajstić information content (AvgIpc) is 2.68. The fraction of sp³-hybridized carbons (Fsp3) is 0.455.